The summed E-state index contributed by atoms with van der Waals surface area (Å²) in [5.74, 6) is 2.07. The average Bonchev–Trinajstić information content (AvgIpc) is 2.31. The maximum absolute atomic E-state index is 5.64. The van der Waals surface area contributed by atoms with Crippen molar-refractivity contribution in [1.82, 2.24) is 0 Å². The fourth-order valence-corrected chi connectivity index (χ4v) is 1.27. The maximum atomic E-state index is 5.64. The van der Waals surface area contributed by atoms with Gasteiger partial charge < -0.3 is 9.47 Å². The third-order valence-corrected chi connectivity index (χ3v) is 1.98. The van der Waals surface area contributed by atoms with Crippen molar-refractivity contribution in [2.75, 3.05) is 0 Å². The summed E-state index contributed by atoms with van der Waals surface area (Å²) in [5, 5.41) is 0. The lowest BCUT2D eigenvalue weighted by molar-refractivity contribution is 0.413. The summed E-state index contributed by atoms with van der Waals surface area (Å²) < 4.78 is 10.6. The van der Waals surface area contributed by atoms with Crippen LogP contribution in [0.4, 0.5) is 0 Å². The average molecular weight is 199 g/mol. The Balaban J connectivity index is 2.24. The number of hydrogen-bond donors (Lipinski definition) is 0. The van der Waals surface area contributed by atoms with Gasteiger partial charge in [0.25, 0.3) is 0 Å². The number of para-hydroxylation sites is 3. The lowest BCUT2D eigenvalue weighted by atomic mass is 10.3. The van der Waals surface area contributed by atoms with Gasteiger partial charge in [-0.15, -0.1) is 0 Å². The van der Waals surface area contributed by atoms with E-state index in [4.69, 9.17) is 9.47 Å². The Morgan fingerprint density at radius 2 is 1.33 bits per heavy atom. The first-order chi connectivity index (χ1) is 7.40. The van der Waals surface area contributed by atoms with Gasteiger partial charge in [-0.2, -0.15) is 0 Å². The Hall–Kier alpha value is -1.96. The third-order valence-electron chi connectivity index (χ3n) is 1.98. The molecule has 1 radical (unpaired) electrons. The summed E-state index contributed by atoms with van der Waals surface area (Å²) in [7, 11) is 3.38. The highest BCUT2D eigenvalue weighted by Gasteiger charge is 2.02. The van der Waals surface area contributed by atoms with E-state index in [1.807, 2.05) is 54.6 Å². The van der Waals surface area contributed by atoms with Crippen LogP contribution in [-0.4, -0.2) is 0 Å². The summed E-state index contributed by atoms with van der Waals surface area (Å²) in [6.45, 7) is 0. The standard InChI is InChI=1S/C13H11O2/c1-14-12-9-5-6-10-13(12)15-11-7-3-2-4-8-11/h2-10H,1H2. The van der Waals surface area contributed by atoms with E-state index in [1.54, 1.807) is 0 Å². The van der Waals surface area contributed by atoms with Crippen molar-refractivity contribution in [2.24, 2.45) is 0 Å². The van der Waals surface area contributed by atoms with E-state index >= 15 is 0 Å². The SMILES string of the molecule is [CH2]Oc1ccccc1Oc1ccccc1. The zero-order valence-corrected chi connectivity index (χ0v) is 8.22. The van der Waals surface area contributed by atoms with Gasteiger partial charge in [0.05, 0.1) is 0 Å². The van der Waals surface area contributed by atoms with Crippen molar-refractivity contribution in [3.63, 3.8) is 0 Å². The molecule has 15 heavy (non-hydrogen) atoms. The Morgan fingerprint density at radius 1 is 0.733 bits per heavy atom. The van der Waals surface area contributed by atoms with Gasteiger partial charge in [-0.3, -0.25) is 0 Å². The highest BCUT2D eigenvalue weighted by molar-refractivity contribution is 5.42. The molecule has 0 fully saturated rings. The van der Waals surface area contributed by atoms with Gasteiger partial charge in [0.1, 0.15) is 12.9 Å². The van der Waals surface area contributed by atoms with Crippen molar-refractivity contribution >= 4 is 0 Å². The van der Waals surface area contributed by atoms with Gasteiger partial charge in [0.15, 0.2) is 11.5 Å². The van der Waals surface area contributed by atoms with Crippen molar-refractivity contribution < 1.29 is 9.47 Å². The lowest BCUT2D eigenvalue weighted by Gasteiger charge is -2.09. The third kappa shape index (κ3) is 2.29. The van der Waals surface area contributed by atoms with Crippen molar-refractivity contribution in [3.8, 4) is 17.2 Å². The van der Waals surface area contributed by atoms with E-state index in [1.165, 1.54) is 0 Å². The summed E-state index contributed by atoms with van der Waals surface area (Å²) in [6, 6.07) is 17.0. The molecule has 2 aromatic carbocycles. The maximum Gasteiger partial charge on any atom is 0.169 e. The van der Waals surface area contributed by atoms with Gasteiger partial charge in [-0.1, -0.05) is 30.3 Å². The van der Waals surface area contributed by atoms with E-state index < -0.39 is 0 Å². The van der Waals surface area contributed by atoms with Crippen LogP contribution in [0.25, 0.3) is 0 Å². The number of rotatable bonds is 3. The van der Waals surface area contributed by atoms with Crippen molar-refractivity contribution in [2.45, 2.75) is 0 Å². The molecule has 75 valence electrons. The molecule has 0 amide bonds. The van der Waals surface area contributed by atoms with E-state index in [9.17, 15) is 0 Å². The molecule has 0 aliphatic carbocycles. The van der Waals surface area contributed by atoms with Gasteiger partial charge in [0, 0.05) is 0 Å². The largest absolute Gasteiger partial charge is 0.486 e. The second kappa shape index (κ2) is 4.51. The molecule has 2 rings (SSSR count). The van der Waals surface area contributed by atoms with Gasteiger partial charge >= 0.3 is 0 Å². The fourth-order valence-electron chi connectivity index (χ4n) is 1.27. The van der Waals surface area contributed by atoms with Crippen LogP contribution in [0.2, 0.25) is 0 Å². The molecule has 0 saturated carbocycles. The first-order valence-corrected chi connectivity index (χ1v) is 4.64. The molecule has 2 heteroatoms. The number of ether oxygens (including phenoxy) is 2. The van der Waals surface area contributed by atoms with Crippen LogP contribution in [0, 0.1) is 7.11 Å². The van der Waals surface area contributed by atoms with Crippen LogP contribution in [0.3, 0.4) is 0 Å². The molecular weight excluding hydrogens is 188 g/mol. The zero-order chi connectivity index (χ0) is 10.5. The van der Waals surface area contributed by atoms with Crippen LogP contribution >= 0.6 is 0 Å². The Kier molecular flexibility index (Phi) is 2.88. The second-order valence-electron chi connectivity index (χ2n) is 3.01. The normalized spacial score (nSPS) is 9.67. The molecule has 0 atom stereocenters. The summed E-state index contributed by atoms with van der Waals surface area (Å²) in [5.41, 5.74) is 0. The van der Waals surface area contributed by atoms with Crippen LogP contribution in [-0.2, 0) is 0 Å². The Bertz CT molecular complexity index is 424. The van der Waals surface area contributed by atoms with E-state index in [0.29, 0.717) is 11.5 Å². The highest BCUT2D eigenvalue weighted by Crippen LogP contribution is 2.30. The number of benzene rings is 2. The molecule has 0 aromatic heterocycles. The first kappa shape index (κ1) is 9.59. The molecular formula is C13H11O2. The monoisotopic (exact) mass is 199 g/mol. The molecule has 0 heterocycles. The summed E-state index contributed by atoms with van der Waals surface area (Å²) >= 11 is 0. The molecule has 0 bridgehead atoms. The number of hydrogen-bond acceptors (Lipinski definition) is 2. The molecule has 0 N–H and O–H groups in total. The molecule has 0 spiro atoms. The van der Waals surface area contributed by atoms with E-state index in [0.717, 1.165) is 5.75 Å². The van der Waals surface area contributed by atoms with Crippen LogP contribution in [0.1, 0.15) is 0 Å². The summed E-state index contributed by atoms with van der Waals surface area (Å²) in [6.07, 6.45) is 0. The lowest BCUT2D eigenvalue weighted by Crippen LogP contribution is -1.87. The van der Waals surface area contributed by atoms with E-state index in [-0.39, 0.29) is 0 Å². The minimum Gasteiger partial charge on any atom is -0.486 e. The minimum atomic E-state index is 0.626. The molecule has 0 aliphatic rings. The molecule has 2 aromatic rings. The summed E-state index contributed by atoms with van der Waals surface area (Å²) in [4.78, 5) is 0. The Morgan fingerprint density at radius 3 is 2.00 bits per heavy atom. The smallest absolute Gasteiger partial charge is 0.169 e. The van der Waals surface area contributed by atoms with Crippen LogP contribution in [0.5, 0.6) is 17.2 Å². The van der Waals surface area contributed by atoms with E-state index in [2.05, 4.69) is 7.11 Å². The van der Waals surface area contributed by atoms with Gasteiger partial charge in [-0.05, 0) is 24.3 Å². The topological polar surface area (TPSA) is 18.5 Å². The minimum absolute atomic E-state index is 0.626. The second-order valence-corrected chi connectivity index (χ2v) is 3.01. The molecule has 2 nitrogen and oxygen atoms in total. The Labute approximate surface area is 89.1 Å². The fraction of sp³-hybridized carbons (Fsp3) is 0. The van der Waals surface area contributed by atoms with Crippen LogP contribution < -0.4 is 9.47 Å². The zero-order valence-electron chi connectivity index (χ0n) is 8.22. The van der Waals surface area contributed by atoms with Gasteiger partial charge in [-0.25, -0.2) is 0 Å². The molecule has 0 unspecified atom stereocenters. The van der Waals surface area contributed by atoms with Crippen molar-refractivity contribution in [1.29, 1.82) is 0 Å². The predicted molar refractivity (Wildman–Crippen MR) is 58.9 cm³/mol. The van der Waals surface area contributed by atoms with Gasteiger partial charge in [0.2, 0.25) is 0 Å². The highest BCUT2D eigenvalue weighted by atomic mass is 16.5. The van der Waals surface area contributed by atoms with Crippen LogP contribution in [0.15, 0.2) is 54.6 Å². The first-order valence-electron chi connectivity index (χ1n) is 4.64. The van der Waals surface area contributed by atoms with Crippen molar-refractivity contribution in [3.05, 3.63) is 61.7 Å². The molecule has 0 saturated heterocycles. The predicted octanol–water partition coefficient (Wildman–Crippen LogP) is 3.65. The molecule has 0 aliphatic heterocycles. The quantitative estimate of drug-likeness (QED) is 0.751.